The molecule has 1 amide bonds. The van der Waals surface area contributed by atoms with Gasteiger partial charge in [0.1, 0.15) is 0 Å². The third-order valence-electron chi connectivity index (χ3n) is 4.31. The third-order valence-corrected chi connectivity index (χ3v) is 4.31. The smallest absolute Gasteiger partial charge is 0.253 e. The molecule has 2 heterocycles. The number of aliphatic hydroxyl groups excluding tert-OH is 1. The van der Waals surface area contributed by atoms with Gasteiger partial charge in [-0.15, -0.1) is 0 Å². The molecule has 1 saturated carbocycles. The number of carbonyl (C=O) groups excluding carboxylic acids is 1. The van der Waals surface area contributed by atoms with Crippen LogP contribution in [-0.2, 0) is 6.54 Å². The number of rotatable bonds is 4. The molecule has 0 unspecified atom stereocenters. The molecule has 6 nitrogen and oxygen atoms in total. The first kappa shape index (κ1) is 15.9. The van der Waals surface area contributed by atoms with Crippen LogP contribution in [0.5, 0.6) is 0 Å². The van der Waals surface area contributed by atoms with Gasteiger partial charge in [0.25, 0.3) is 5.91 Å². The number of nitrogens with zero attached hydrogens (tertiary/aromatic N) is 3. The minimum Gasteiger partial charge on any atom is -0.393 e. The first-order valence-corrected chi connectivity index (χ1v) is 8.33. The molecule has 0 bridgehead atoms. The molecular formula is C17H24N4O2. The van der Waals surface area contributed by atoms with E-state index in [4.69, 9.17) is 0 Å². The molecule has 0 saturated heterocycles. The highest BCUT2D eigenvalue weighted by Gasteiger charge is 2.21. The maximum Gasteiger partial charge on any atom is 0.253 e. The highest BCUT2D eigenvalue weighted by molar-refractivity contribution is 5.96. The monoisotopic (exact) mass is 316 g/mol. The van der Waals surface area contributed by atoms with Crippen molar-refractivity contribution in [1.82, 2.24) is 20.1 Å². The van der Waals surface area contributed by atoms with Gasteiger partial charge in [0.15, 0.2) is 5.65 Å². The van der Waals surface area contributed by atoms with Crippen molar-refractivity contribution in [3.63, 3.8) is 0 Å². The molecule has 2 N–H and O–H groups in total. The second-order valence-corrected chi connectivity index (χ2v) is 6.84. The van der Waals surface area contributed by atoms with Crippen LogP contribution in [0.3, 0.4) is 0 Å². The van der Waals surface area contributed by atoms with E-state index in [0.717, 1.165) is 43.3 Å². The highest BCUT2D eigenvalue weighted by atomic mass is 16.3. The second kappa shape index (κ2) is 6.66. The molecule has 0 aromatic carbocycles. The van der Waals surface area contributed by atoms with Crippen molar-refractivity contribution >= 4 is 16.9 Å². The van der Waals surface area contributed by atoms with Gasteiger partial charge in [0, 0.05) is 24.2 Å². The molecule has 2 aromatic rings. The van der Waals surface area contributed by atoms with E-state index in [1.54, 1.807) is 12.4 Å². The van der Waals surface area contributed by atoms with Crippen LogP contribution in [0.1, 0.15) is 49.9 Å². The van der Waals surface area contributed by atoms with Crippen molar-refractivity contribution in [2.75, 3.05) is 0 Å². The highest BCUT2D eigenvalue weighted by Crippen LogP contribution is 2.19. The molecule has 1 aliphatic carbocycles. The molecule has 1 aliphatic rings. The van der Waals surface area contributed by atoms with Gasteiger partial charge in [-0.1, -0.05) is 13.8 Å². The number of amides is 1. The SMILES string of the molecule is CC(C)Cn1ncc2cc(C(=O)NC3CCC(O)CC3)cnc21. The molecule has 6 heteroatoms. The predicted molar refractivity (Wildman–Crippen MR) is 88.1 cm³/mol. The lowest BCUT2D eigenvalue weighted by Gasteiger charge is -2.26. The van der Waals surface area contributed by atoms with E-state index < -0.39 is 0 Å². The fourth-order valence-electron chi connectivity index (χ4n) is 3.06. The number of fused-ring (bicyclic) bond motifs is 1. The Morgan fingerprint density at radius 3 is 2.78 bits per heavy atom. The summed E-state index contributed by atoms with van der Waals surface area (Å²) in [4.78, 5) is 16.8. The number of aromatic nitrogens is 3. The Hall–Kier alpha value is -1.95. The van der Waals surface area contributed by atoms with Crippen LogP contribution >= 0.6 is 0 Å². The van der Waals surface area contributed by atoms with Crippen molar-refractivity contribution in [2.24, 2.45) is 5.92 Å². The van der Waals surface area contributed by atoms with Crippen LogP contribution in [0.25, 0.3) is 11.0 Å². The molecule has 0 atom stereocenters. The Balaban J connectivity index is 1.71. The largest absolute Gasteiger partial charge is 0.393 e. The van der Waals surface area contributed by atoms with Crippen molar-refractivity contribution in [3.05, 3.63) is 24.0 Å². The maximum absolute atomic E-state index is 12.4. The molecule has 0 aliphatic heterocycles. The minimum absolute atomic E-state index is 0.0996. The summed E-state index contributed by atoms with van der Waals surface area (Å²) in [7, 11) is 0. The van der Waals surface area contributed by atoms with Gasteiger partial charge < -0.3 is 10.4 Å². The summed E-state index contributed by atoms with van der Waals surface area (Å²) in [5, 5.41) is 17.8. The standard InChI is InChI=1S/C17H24N4O2/c1-11(2)10-21-16-12(9-19-21)7-13(8-18-16)17(23)20-14-3-5-15(22)6-4-14/h7-9,11,14-15,22H,3-6,10H2,1-2H3,(H,20,23). The molecule has 124 valence electrons. The lowest BCUT2D eigenvalue weighted by atomic mass is 9.93. The Morgan fingerprint density at radius 1 is 1.35 bits per heavy atom. The Morgan fingerprint density at radius 2 is 2.09 bits per heavy atom. The third kappa shape index (κ3) is 3.69. The number of hydrogen-bond donors (Lipinski definition) is 2. The number of hydrogen-bond acceptors (Lipinski definition) is 4. The first-order valence-electron chi connectivity index (χ1n) is 8.33. The van der Waals surface area contributed by atoms with Crippen LogP contribution in [0.15, 0.2) is 18.5 Å². The molecule has 2 aromatic heterocycles. The molecule has 3 rings (SSSR count). The summed E-state index contributed by atoms with van der Waals surface area (Å²) in [6.07, 6.45) is 6.33. The van der Waals surface area contributed by atoms with Crippen LogP contribution < -0.4 is 5.32 Å². The van der Waals surface area contributed by atoms with Gasteiger partial charge in [0.05, 0.1) is 17.9 Å². The Labute approximate surface area is 135 Å². The summed E-state index contributed by atoms with van der Waals surface area (Å²) in [5.74, 6) is 0.391. The average molecular weight is 316 g/mol. The second-order valence-electron chi connectivity index (χ2n) is 6.84. The van der Waals surface area contributed by atoms with Gasteiger partial charge in [-0.2, -0.15) is 5.10 Å². The number of aliphatic hydroxyl groups is 1. The van der Waals surface area contributed by atoms with E-state index in [2.05, 4.69) is 29.2 Å². The van der Waals surface area contributed by atoms with E-state index >= 15 is 0 Å². The fourth-order valence-corrected chi connectivity index (χ4v) is 3.06. The van der Waals surface area contributed by atoms with Gasteiger partial charge in [-0.3, -0.25) is 4.79 Å². The van der Waals surface area contributed by atoms with E-state index in [1.807, 2.05) is 10.7 Å². The molecule has 0 spiro atoms. The van der Waals surface area contributed by atoms with E-state index in [-0.39, 0.29) is 18.1 Å². The normalized spacial score (nSPS) is 21.7. The lowest BCUT2D eigenvalue weighted by molar-refractivity contribution is 0.0867. The Bertz CT molecular complexity index is 687. The van der Waals surface area contributed by atoms with Crippen LogP contribution in [-0.4, -0.2) is 37.9 Å². The summed E-state index contributed by atoms with van der Waals surface area (Å²) in [6.45, 7) is 5.08. The summed E-state index contributed by atoms with van der Waals surface area (Å²) in [5.41, 5.74) is 1.38. The van der Waals surface area contributed by atoms with E-state index in [1.165, 1.54) is 0 Å². The quantitative estimate of drug-likeness (QED) is 0.905. The number of nitrogens with one attached hydrogen (secondary N) is 1. The maximum atomic E-state index is 12.4. The van der Waals surface area contributed by atoms with Crippen molar-refractivity contribution in [1.29, 1.82) is 0 Å². The molecule has 0 radical (unpaired) electrons. The van der Waals surface area contributed by atoms with Crippen molar-refractivity contribution < 1.29 is 9.90 Å². The zero-order chi connectivity index (χ0) is 16.4. The van der Waals surface area contributed by atoms with Crippen LogP contribution in [0.4, 0.5) is 0 Å². The first-order chi connectivity index (χ1) is 11.0. The minimum atomic E-state index is -0.215. The number of pyridine rings is 1. The topological polar surface area (TPSA) is 80.0 Å². The van der Waals surface area contributed by atoms with Gasteiger partial charge in [-0.05, 0) is 37.7 Å². The zero-order valence-electron chi connectivity index (χ0n) is 13.7. The average Bonchev–Trinajstić information content (AvgIpc) is 2.91. The van der Waals surface area contributed by atoms with Crippen LogP contribution in [0.2, 0.25) is 0 Å². The molecular weight excluding hydrogens is 292 g/mol. The molecule has 1 fully saturated rings. The number of carbonyl (C=O) groups is 1. The van der Waals surface area contributed by atoms with Crippen molar-refractivity contribution in [3.8, 4) is 0 Å². The van der Waals surface area contributed by atoms with Gasteiger partial charge in [-0.25, -0.2) is 9.67 Å². The Kier molecular flexibility index (Phi) is 4.61. The summed E-state index contributed by atoms with van der Waals surface area (Å²) < 4.78 is 1.88. The fraction of sp³-hybridized carbons (Fsp3) is 0.588. The van der Waals surface area contributed by atoms with Crippen LogP contribution in [0, 0.1) is 5.92 Å². The van der Waals surface area contributed by atoms with Gasteiger partial charge in [0.2, 0.25) is 0 Å². The van der Waals surface area contributed by atoms with E-state index in [0.29, 0.717) is 11.5 Å². The van der Waals surface area contributed by atoms with Gasteiger partial charge >= 0.3 is 0 Å². The summed E-state index contributed by atoms with van der Waals surface area (Å²) >= 11 is 0. The summed E-state index contributed by atoms with van der Waals surface area (Å²) in [6, 6.07) is 1.99. The van der Waals surface area contributed by atoms with Crippen molar-refractivity contribution in [2.45, 2.75) is 58.2 Å². The molecule has 23 heavy (non-hydrogen) atoms. The van der Waals surface area contributed by atoms with E-state index in [9.17, 15) is 9.90 Å². The predicted octanol–water partition coefficient (Wildman–Crippen LogP) is 2.12. The lowest BCUT2D eigenvalue weighted by Crippen LogP contribution is -2.38. The zero-order valence-corrected chi connectivity index (χ0v) is 13.7.